The van der Waals surface area contributed by atoms with Crippen LogP contribution in [0.15, 0.2) is 51.7 Å². The van der Waals surface area contributed by atoms with Gasteiger partial charge in [0.1, 0.15) is 0 Å². The number of benzene rings is 1. The van der Waals surface area contributed by atoms with E-state index in [4.69, 9.17) is 4.52 Å². The van der Waals surface area contributed by atoms with E-state index in [0.717, 1.165) is 21.2 Å². The molecule has 0 amide bonds. The fraction of sp³-hybridized carbons (Fsp3) is 0.0714. The van der Waals surface area contributed by atoms with Crippen molar-refractivity contribution < 1.29 is 4.52 Å². The summed E-state index contributed by atoms with van der Waals surface area (Å²) in [7, 11) is 0. The van der Waals surface area contributed by atoms with Gasteiger partial charge in [0, 0.05) is 28.0 Å². The minimum atomic E-state index is 0.510. The Morgan fingerprint density at radius 1 is 1.05 bits per heavy atom. The van der Waals surface area contributed by atoms with E-state index in [1.807, 2.05) is 37.3 Å². The van der Waals surface area contributed by atoms with Crippen LogP contribution in [0.4, 0.5) is 0 Å². The van der Waals surface area contributed by atoms with Crippen molar-refractivity contribution in [2.24, 2.45) is 0 Å². The molecule has 2 heterocycles. The van der Waals surface area contributed by atoms with E-state index in [1.165, 1.54) is 0 Å². The van der Waals surface area contributed by atoms with Crippen molar-refractivity contribution in [1.29, 1.82) is 0 Å². The molecular formula is C14H10BrN3O. The van der Waals surface area contributed by atoms with E-state index in [-0.39, 0.29) is 0 Å². The first-order valence-electron chi connectivity index (χ1n) is 5.74. The zero-order valence-corrected chi connectivity index (χ0v) is 11.8. The standard InChI is InChI=1S/C14H10BrN3O/c1-9-6-11(8-12(15)7-9)14-17-13(18-19-14)10-2-4-16-5-3-10/h2-8H,1H3. The summed E-state index contributed by atoms with van der Waals surface area (Å²) in [6, 6.07) is 9.69. The maximum atomic E-state index is 5.31. The fourth-order valence-corrected chi connectivity index (χ4v) is 2.43. The molecule has 2 aromatic heterocycles. The molecule has 0 aliphatic carbocycles. The van der Waals surface area contributed by atoms with Gasteiger partial charge in [0.05, 0.1) is 0 Å². The largest absolute Gasteiger partial charge is 0.334 e. The highest BCUT2D eigenvalue weighted by Gasteiger charge is 2.11. The molecule has 19 heavy (non-hydrogen) atoms. The monoisotopic (exact) mass is 315 g/mol. The molecule has 0 aliphatic heterocycles. The minimum absolute atomic E-state index is 0.510. The highest BCUT2D eigenvalue weighted by atomic mass is 79.9. The van der Waals surface area contributed by atoms with E-state index < -0.39 is 0 Å². The molecule has 0 atom stereocenters. The second-order valence-corrected chi connectivity index (χ2v) is 5.09. The molecule has 0 fully saturated rings. The maximum absolute atomic E-state index is 5.31. The lowest BCUT2D eigenvalue weighted by atomic mass is 10.1. The van der Waals surface area contributed by atoms with Gasteiger partial charge in [0.25, 0.3) is 5.89 Å². The summed E-state index contributed by atoms with van der Waals surface area (Å²) in [5.41, 5.74) is 2.92. The van der Waals surface area contributed by atoms with Crippen LogP contribution in [0, 0.1) is 6.92 Å². The van der Waals surface area contributed by atoms with Crippen molar-refractivity contribution in [3.8, 4) is 22.8 Å². The second-order valence-electron chi connectivity index (χ2n) is 4.18. The zero-order valence-electron chi connectivity index (χ0n) is 10.2. The first kappa shape index (κ1) is 12.0. The van der Waals surface area contributed by atoms with Crippen LogP contribution in [0.3, 0.4) is 0 Å². The van der Waals surface area contributed by atoms with Crippen molar-refractivity contribution in [1.82, 2.24) is 15.1 Å². The third-order valence-corrected chi connectivity index (χ3v) is 3.11. The quantitative estimate of drug-likeness (QED) is 0.720. The molecule has 5 heteroatoms. The lowest BCUT2D eigenvalue weighted by molar-refractivity contribution is 0.432. The Morgan fingerprint density at radius 3 is 2.58 bits per heavy atom. The van der Waals surface area contributed by atoms with Crippen LogP contribution in [-0.2, 0) is 0 Å². The first-order valence-corrected chi connectivity index (χ1v) is 6.53. The molecule has 3 aromatic rings. The Balaban J connectivity index is 2.02. The van der Waals surface area contributed by atoms with Gasteiger partial charge in [-0.2, -0.15) is 4.98 Å². The van der Waals surface area contributed by atoms with Gasteiger partial charge in [-0.1, -0.05) is 21.1 Å². The minimum Gasteiger partial charge on any atom is -0.334 e. The van der Waals surface area contributed by atoms with Crippen molar-refractivity contribution in [2.75, 3.05) is 0 Å². The number of pyridine rings is 1. The molecule has 0 spiro atoms. The van der Waals surface area contributed by atoms with Crippen LogP contribution in [0.1, 0.15) is 5.56 Å². The predicted molar refractivity (Wildman–Crippen MR) is 75.4 cm³/mol. The Hall–Kier alpha value is -2.01. The van der Waals surface area contributed by atoms with Gasteiger partial charge in [0.15, 0.2) is 0 Å². The van der Waals surface area contributed by atoms with Gasteiger partial charge < -0.3 is 4.52 Å². The number of nitrogens with zero attached hydrogens (tertiary/aromatic N) is 3. The Bertz CT molecular complexity index is 689. The molecule has 0 radical (unpaired) electrons. The highest BCUT2D eigenvalue weighted by Crippen LogP contribution is 2.25. The third kappa shape index (κ3) is 2.56. The summed E-state index contributed by atoms with van der Waals surface area (Å²) in [5, 5.41) is 3.99. The fourth-order valence-electron chi connectivity index (χ4n) is 1.82. The van der Waals surface area contributed by atoms with Crippen LogP contribution in [0.25, 0.3) is 22.8 Å². The van der Waals surface area contributed by atoms with E-state index in [0.29, 0.717) is 11.7 Å². The van der Waals surface area contributed by atoms with Crippen LogP contribution in [-0.4, -0.2) is 15.1 Å². The van der Waals surface area contributed by atoms with E-state index in [9.17, 15) is 0 Å². The van der Waals surface area contributed by atoms with E-state index >= 15 is 0 Å². The lowest BCUT2D eigenvalue weighted by Crippen LogP contribution is -1.83. The number of aryl methyl sites for hydroxylation is 1. The summed E-state index contributed by atoms with van der Waals surface area (Å²) in [5.74, 6) is 1.08. The van der Waals surface area contributed by atoms with Crippen LogP contribution in [0.5, 0.6) is 0 Å². The van der Waals surface area contributed by atoms with Crippen LogP contribution < -0.4 is 0 Å². The molecule has 3 rings (SSSR count). The normalized spacial score (nSPS) is 10.6. The second kappa shape index (κ2) is 4.93. The lowest BCUT2D eigenvalue weighted by Gasteiger charge is -1.98. The molecule has 0 N–H and O–H groups in total. The molecule has 0 aliphatic rings. The van der Waals surface area contributed by atoms with Gasteiger partial charge in [-0.05, 0) is 42.8 Å². The maximum Gasteiger partial charge on any atom is 0.258 e. The predicted octanol–water partition coefficient (Wildman–Crippen LogP) is 3.87. The highest BCUT2D eigenvalue weighted by molar-refractivity contribution is 9.10. The van der Waals surface area contributed by atoms with Gasteiger partial charge in [-0.25, -0.2) is 0 Å². The van der Waals surface area contributed by atoms with Gasteiger partial charge in [-0.15, -0.1) is 0 Å². The van der Waals surface area contributed by atoms with Crippen molar-refractivity contribution in [2.45, 2.75) is 6.92 Å². The Labute approximate surface area is 118 Å². The summed E-state index contributed by atoms with van der Waals surface area (Å²) in [6.45, 7) is 2.02. The molecule has 4 nitrogen and oxygen atoms in total. The number of aromatic nitrogens is 3. The van der Waals surface area contributed by atoms with Gasteiger partial charge in [0.2, 0.25) is 5.82 Å². The topological polar surface area (TPSA) is 51.8 Å². The molecule has 94 valence electrons. The van der Waals surface area contributed by atoms with Gasteiger partial charge in [-0.3, -0.25) is 4.98 Å². The first-order chi connectivity index (χ1) is 9.22. The molecule has 0 bridgehead atoms. The van der Waals surface area contributed by atoms with E-state index in [2.05, 4.69) is 31.1 Å². The van der Waals surface area contributed by atoms with Crippen molar-refractivity contribution in [3.05, 3.63) is 52.8 Å². The Morgan fingerprint density at radius 2 is 1.84 bits per heavy atom. The van der Waals surface area contributed by atoms with Crippen molar-refractivity contribution >= 4 is 15.9 Å². The average molecular weight is 316 g/mol. The van der Waals surface area contributed by atoms with E-state index in [1.54, 1.807) is 12.4 Å². The van der Waals surface area contributed by atoms with Crippen LogP contribution >= 0.6 is 15.9 Å². The summed E-state index contributed by atoms with van der Waals surface area (Å²) >= 11 is 3.46. The number of halogens is 1. The Kier molecular flexibility index (Phi) is 3.13. The number of rotatable bonds is 2. The van der Waals surface area contributed by atoms with Crippen molar-refractivity contribution in [3.63, 3.8) is 0 Å². The summed E-state index contributed by atoms with van der Waals surface area (Å²) in [6.07, 6.45) is 3.41. The summed E-state index contributed by atoms with van der Waals surface area (Å²) < 4.78 is 6.30. The molecule has 0 saturated carbocycles. The smallest absolute Gasteiger partial charge is 0.258 e. The molecule has 1 aromatic carbocycles. The number of hydrogen-bond donors (Lipinski definition) is 0. The average Bonchev–Trinajstić information content (AvgIpc) is 2.88. The number of hydrogen-bond acceptors (Lipinski definition) is 4. The molecular weight excluding hydrogens is 306 g/mol. The third-order valence-electron chi connectivity index (χ3n) is 2.65. The summed E-state index contributed by atoms with van der Waals surface area (Å²) in [4.78, 5) is 8.37. The molecule has 0 unspecified atom stereocenters. The van der Waals surface area contributed by atoms with Crippen LogP contribution in [0.2, 0.25) is 0 Å². The molecule has 0 saturated heterocycles. The van der Waals surface area contributed by atoms with Gasteiger partial charge >= 0.3 is 0 Å². The SMILES string of the molecule is Cc1cc(Br)cc(-c2nc(-c3ccncc3)no2)c1. The zero-order chi connectivity index (χ0) is 13.2.